The molecule has 0 aliphatic carbocycles. The van der Waals surface area contributed by atoms with Gasteiger partial charge in [0.2, 0.25) is 5.91 Å². The summed E-state index contributed by atoms with van der Waals surface area (Å²) in [5, 5.41) is 4.73. The van der Waals surface area contributed by atoms with Crippen molar-refractivity contribution in [1.82, 2.24) is 10.3 Å². The Bertz CT molecular complexity index is 817. The summed E-state index contributed by atoms with van der Waals surface area (Å²) in [7, 11) is -3.81. The third-order valence-corrected chi connectivity index (χ3v) is 5.50. The third-order valence-electron chi connectivity index (χ3n) is 3.21. The maximum Gasteiger partial charge on any atom is 0.263 e. The molecule has 2 aromatic rings. The van der Waals surface area contributed by atoms with Crippen LogP contribution in [-0.4, -0.2) is 25.9 Å². The van der Waals surface area contributed by atoms with E-state index in [1.807, 2.05) is 13.8 Å². The Morgan fingerprint density at radius 1 is 1.28 bits per heavy atom. The minimum Gasteiger partial charge on any atom is -0.356 e. The molecule has 0 atom stereocenters. The Morgan fingerprint density at radius 2 is 1.96 bits per heavy atom. The standard InChI is InChI=1S/C16H20FN3O3S2/c1-11(2)9-18-15(21)8-5-13-10-24-16(19-13)20-25(22,23)14-6-3-12(17)4-7-14/h3-4,6-7,10-11H,5,8-9H2,1-2H3,(H,18,21)(H,19,20). The van der Waals surface area contributed by atoms with Gasteiger partial charge < -0.3 is 5.32 Å². The number of nitrogens with zero attached hydrogens (tertiary/aromatic N) is 1. The Balaban J connectivity index is 1.92. The fourth-order valence-corrected chi connectivity index (χ4v) is 3.90. The van der Waals surface area contributed by atoms with Gasteiger partial charge in [-0.2, -0.15) is 0 Å². The van der Waals surface area contributed by atoms with E-state index in [2.05, 4.69) is 15.0 Å². The lowest BCUT2D eigenvalue weighted by molar-refractivity contribution is -0.121. The molecule has 0 radical (unpaired) electrons. The van der Waals surface area contributed by atoms with E-state index in [1.165, 1.54) is 12.1 Å². The summed E-state index contributed by atoms with van der Waals surface area (Å²) in [6.45, 7) is 4.65. The second-order valence-corrected chi connectivity index (χ2v) is 8.44. The number of rotatable bonds is 8. The molecule has 1 aromatic carbocycles. The SMILES string of the molecule is CC(C)CNC(=O)CCc1csc(NS(=O)(=O)c2ccc(F)cc2)n1. The first-order chi connectivity index (χ1) is 11.8. The van der Waals surface area contributed by atoms with Crippen molar-refractivity contribution >= 4 is 32.4 Å². The van der Waals surface area contributed by atoms with Crippen LogP contribution in [0.25, 0.3) is 0 Å². The number of benzene rings is 1. The minimum absolute atomic E-state index is 0.0429. The van der Waals surface area contributed by atoms with Crippen molar-refractivity contribution in [2.24, 2.45) is 5.92 Å². The second kappa shape index (κ2) is 8.39. The molecule has 9 heteroatoms. The van der Waals surface area contributed by atoms with Crippen molar-refractivity contribution in [2.75, 3.05) is 11.3 Å². The van der Waals surface area contributed by atoms with Gasteiger partial charge in [-0.1, -0.05) is 13.8 Å². The molecule has 1 heterocycles. The van der Waals surface area contributed by atoms with Crippen LogP contribution in [0.4, 0.5) is 9.52 Å². The number of hydrogen-bond acceptors (Lipinski definition) is 5. The molecule has 1 amide bonds. The zero-order valence-electron chi connectivity index (χ0n) is 14.0. The zero-order chi connectivity index (χ0) is 18.4. The Morgan fingerprint density at radius 3 is 2.60 bits per heavy atom. The smallest absolute Gasteiger partial charge is 0.263 e. The fraction of sp³-hybridized carbons (Fsp3) is 0.375. The lowest BCUT2D eigenvalue weighted by atomic mass is 10.2. The highest BCUT2D eigenvalue weighted by Crippen LogP contribution is 2.21. The van der Waals surface area contributed by atoms with Crippen molar-refractivity contribution in [3.8, 4) is 0 Å². The van der Waals surface area contributed by atoms with Gasteiger partial charge in [0, 0.05) is 18.3 Å². The zero-order valence-corrected chi connectivity index (χ0v) is 15.6. The van der Waals surface area contributed by atoms with Crippen molar-refractivity contribution in [3.05, 3.63) is 41.2 Å². The fourth-order valence-electron chi connectivity index (χ4n) is 1.90. The lowest BCUT2D eigenvalue weighted by Crippen LogP contribution is -2.27. The molecule has 0 fully saturated rings. The predicted molar refractivity (Wildman–Crippen MR) is 95.5 cm³/mol. The number of amides is 1. The summed E-state index contributed by atoms with van der Waals surface area (Å²) in [6, 6.07) is 4.53. The highest BCUT2D eigenvalue weighted by molar-refractivity contribution is 7.93. The molecule has 0 aliphatic heterocycles. The molecular formula is C16H20FN3O3S2. The second-order valence-electron chi connectivity index (χ2n) is 5.90. The number of hydrogen-bond donors (Lipinski definition) is 2. The number of halogens is 1. The molecular weight excluding hydrogens is 365 g/mol. The van der Waals surface area contributed by atoms with Gasteiger partial charge in [0.25, 0.3) is 10.0 Å². The van der Waals surface area contributed by atoms with Crippen LogP contribution in [0.15, 0.2) is 34.5 Å². The number of carbonyl (C=O) groups is 1. The number of carbonyl (C=O) groups excluding carboxylic acids is 1. The van der Waals surface area contributed by atoms with Crippen LogP contribution < -0.4 is 10.0 Å². The molecule has 2 N–H and O–H groups in total. The monoisotopic (exact) mass is 385 g/mol. The first kappa shape index (κ1) is 19.3. The first-order valence-corrected chi connectivity index (χ1v) is 10.1. The van der Waals surface area contributed by atoms with E-state index in [0.717, 1.165) is 23.5 Å². The lowest BCUT2D eigenvalue weighted by Gasteiger charge is -2.06. The third kappa shape index (κ3) is 6.09. The topological polar surface area (TPSA) is 88.2 Å². The summed E-state index contributed by atoms with van der Waals surface area (Å²) in [4.78, 5) is 15.8. The highest BCUT2D eigenvalue weighted by atomic mass is 32.2. The van der Waals surface area contributed by atoms with Gasteiger partial charge in [-0.05, 0) is 36.6 Å². The van der Waals surface area contributed by atoms with E-state index in [1.54, 1.807) is 5.38 Å². The summed E-state index contributed by atoms with van der Waals surface area (Å²) >= 11 is 1.14. The number of aryl methyl sites for hydroxylation is 1. The highest BCUT2D eigenvalue weighted by Gasteiger charge is 2.16. The van der Waals surface area contributed by atoms with E-state index in [0.29, 0.717) is 31.0 Å². The van der Waals surface area contributed by atoms with Gasteiger partial charge in [-0.25, -0.2) is 17.8 Å². The van der Waals surface area contributed by atoms with Crippen LogP contribution in [0.3, 0.4) is 0 Å². The van der Waals surface area contributed by atoms with Gasteiger partial charge in [0.15, 0.2) is 5.13 Å². The average Bonchev–Trinajstić information content (AvgIpc) is 2.98. The summed E-state index contributed by atoms with van der Waals surface area (Å²) in [5.74, 6) is -0.183. The molecule has 25 heavy (non-hydrogen) atoms. The van der Waals surface area contributed by atoms with Crippen LogP contribution in [0.1, 0.15) is 26.0 Å². The minimum atomic E-state index is -3.81. The van der Waals surface area contributed by atoms with Crippen molar-refractivity contribution < 1.29 is 17.6 Å². The van der Waals surface area contributed by atoms with Crippen LogP contribution in [0.2, 0.25) is 0 Å². The van der Waals surface area contributed by atoms with E-state index in [-0.39, 0.29) is 15.9 Å². The van der Waals surface area contributed by atoms with Crippen LogP contribution in [-0.2, 0) is 21.2 Å². The van der Waals surface area contributed by atoms with E-state index in [4.69, 9.17) is 0 Å². The van der Waals surface area contributed by atoms with E-state index < -0.39 is 15.8 Å². The van der Waals surface area contributed by atoms with Crippen molar-refractivity contribution in [3.63, 3.8) is 0 Å². The number of nitrogens with one attached hydrogen (secondary N) is 2. The van der Waals surface area contributed by atoms with E-state index >= 15 is 0 Å². The maximum absolute atomic E-state index is 12.9. The molecule has 0 saturated carbocycles. The average molecular weight is 385 g/mol. The van der Waals surface area contributed by atoms with Gasteiger partial charge in [0.1, 0.15) is 5.82 Å². The molecule has 6 nitrogen and oxygen atoms in total. The van der Waals surface area contributed by atoms with Crippen LogP contribution in [0.5, 0.6) is 0 Å². The number of aromatic nitrogens is 1. The molecule has 0 spiro atoms. The largest absolute Gasteiger partial charge is 0.356 e. The normalized spacial score (nSPS) is 11.5. The number of sulfonamides is 1. The first-order valence-electron chi connectivity index (χ1n) is 7.76. The van der Waals surface area contributed by atoms with Gasteiger partial charge in [0.05, 0.1) is 10.6 Å². The van der Waals surface area contributed by atoms with Gasteiger partial charge in [-0.15, -0.1) is 11.3 Å². The molecule has 0 bridgehead atoms. The molecule has 136 valence electrons. The van der Waals surface area contributed by atoms with Crippen LogP contribution in [0, 0.1) is 11.7 Å². The van der Waals surface area contributed by atoms with Gasteiger partial charge >= 0.3 is 0 Å². The Labute approximate surface area is 150 Å². The molecule has 2 rings (SSSR count). The van der Waals surface area contributed by atoms with Crippen LogP contribution >= 0.6 is 11.3 Å². The Hall–Kier alpha value is -2.00. The molecule has 0 unspecified atom stereocenters. The molecule has 0 saturated heterocycles. The number of thiazole rings is 1. The summed E-state index contributed by atoms with van der Waals surface area (Å²) < 4.78 is 39.7. The quantitative estimate of drug-likeness (QED) is 0.731. The predicted octanol–water partition coefficient (Wildman–Crippen LogP) is 2.79. The summed E-state index contributed by atoms with van der Waals surface area (Å²) in [5.41, 5.74) is 0.640. The van der Waals surface area contributed by atoms with Crippen molar-refractivity contribution in [1.29, 1.82) is 0 Å². The van der Waals surface area contributed by atoms with Gasteiger partial charge in [-0.3, -0.25) is 9.52 Å². The summed E-state index contributed by atoms with van der Waals surface area (Å²) in [6.07, 6.45) is 0.722. The Kier molecular flexibility index (Phi) is 6.49. The molecule has 0 aliphatic rings. The molecule has 1 aromatic heterocycles. The number of anilines is 1. The van der Waals surface area contributed by atoms with E-state index in [9.17, 15) is 17.6 Å². The van der Waals surface area contributed by atoms with Crippen molar-refractivity contribution in [2.45, 2.75) is 31.6 Å². The maximum atomic E-state index is 12.9.